The van der Waals surface area contributed by atoms with Crippen LogP contribution in [0, 0.1) is 0 Å². The Hall–Kier alpha value is -0.160. The zero-order valence-corrected chi connectivity index (χ0v) is 12.7. The molecular formula is C15H30N2O2. The molecule has 2 rings (SSSR count). The van der Waals surface area contributed by atoms with E-state index in [2.05, 4.69) is 17.1 Å². The van der Waals surface area contributed by atoms with Crippen molar-refractivity contribution in [1.82, 2.24) is 10.2 Å². The number of likely N-dealkylation sites (tertiary alicyclic amines) is 1. The molecule has 1 heterocycles. The number of ether oxygens (including phenoxy) is 2. The summed E-state index contributed by atoms with van der Waals surface area (Å²) >= 11 is 0. The smallest absolute Gasteiger partial charge is 0.0986 e. The molecule has 1 N–H and O–H groups in total. The second-order valence-electron chi connectivity index (χ2n) is 5.89. The lowest BCUT2D eigenvalue weighted by Gasteiger charge is -2.44. The minimum absolute atomic E-state index is 0.230. The number of rotatable bonds is 7. The van der Waals surface area contributed by atoms with E-state index in [1.165, 1.54) is 32.4 Å². The summed E-state index contributed by atoms with van der Waals surface area (Å²) in [6.45, 7) is 8.75. The molecule has 2 aliphatic rings. The molecular weight excluding hydrogens is 240 g/mol. The monoisotopic (exact) mass is 270 g/mol. The van der Waals surface area contributed by atoms with Crippen molar-refractivity contribution < 1.29 is 9.47 Å². The number of piperidine rings is 1. The minimum Gasteiger partial charge on any atom is -0.377 e. The Labute approximate surface area is 117 Å². The second-order valence-corrected chi connectivity index (χ2v) is 5.89. The molecule has 0 aromatic rings. The Morgan fingerprint density at radius 3 is 2.63 bits per heavy atom. The van der Waals surface area contributed by atoms with Gasteiger partial charge in [0.1, 0.15) is 0 Å². The average Bonchev–Trinajstić information content (AvgIpc) is 2.43. The van der Waals surface area contributed by atoms with Gasteiger partial charge in [-0.3, -0.25) is 4.90 Å². The highest BCUT2D eigenvalue weighted by atomic mass is 16.5. The molecule has 0 amide bonds. The fourth-order valence-electron chi connectivity index (χ4n) is 3.28. The Morgan fingerprint density at radius 1 is 1.26 bits per heavy atom. The Bertz CT molecular complexity index is 257. The fourth-order valence-corrected chi connectivity index (χ4v) is 3.28. The Kier molecular flexibility index (Phi) is 6.07. The number of methoxy groups -OCH3 is 1. The SMILES string of the molecule is CCOC1CC(NCC(C)N2CCCCC2)C1OC. The summed E-state index contributed by atoms with van der Waals surface area (Å²) in [5.74, 6) is 0. The van der Waals surface area contributed by atoms with Crippen molar-refractivity contribution >= 4 is 0 Å². The van der Waals surface area contributed by atoms with Gasteiger partial charge in [0, 0.05) is 32.3 Å². The predicted molar refractivity (Wildman–Crippen MR) is 77.5 cm³/mol. The topological polar surface area (TPSA) is 33.7 Å². The van der Waals surface area contributed by atoms with Crippen LogP contribution in [-0.4, -0.2) is 62.5 Å². The molecule has 4 nitrogen and oxygen atoms in total. The first-order valence-electron chi connectivity index (χ1n) is 7.88. The van der Waals surface area contributed by atoms with E-state index in [0.717, 1.165) is 19.6 Å². The molecule has 0 aromatic heterocycles. The highest BCUT2D eigenvalue weighted by molar-refractivity contribution is 4.97. The van der Waals surface area contributed by atoms with E-state index in [1.54, 1.807) is 7.11 Å². The van der Waals surface area contributed by atoms with Gasteiger partial charge in [-0.2, -0.15) is 0 Å². The number of nitrogens with one attached hydrogen (secondary N) is 1. The van der Waals surface area contributed by atoms with Crippen LogP contribution in [0.2, 0.25) is 0 Å². The molecule has 1 aliphatic heterocycles. The zero-order valence-electron chi connectivity index (χ0n) is 12.7. The molecule has 1 saturated heterocycles. The summed E-state index contributed by atoms with van der Waals surface area (Å²) in [6.07, 6.45) is 5.73. The molecule has 4 heteroatoms. The normalized spacial score (nSPS) is 33.9. The van der Waals surface area contributed by atoms with Crippen LogP contribution >= 0.6 is 0 Å². The van der Waals surface area contributed by atoms with Crippen molar-refractivity contribution in [2.24, 2.45) is 0 Å². The van der Waals surface area contributed by atoms with Gasteiger partial charge in [-0.15, -0.1) is 0 Å². The molecule has 1 saturated carbocycles. The molecule has 0 radical (unpaired) electrons. The summed E-state index contributed by atoms with van der Waals surface area (Å²) in [4.78, 5) is 2.61. The third-order valence-electron chi connectivity index (χ3n) is 4.59. The largest absolute Gasteiger partial charge is 0.377 e. The lowest BCUT2D eigenvalue weighted by Crippen LogP contribution is -2.61. The van der Waals surface area contributed by atoms with Crippen LogP contribution in [0.5, 0.6) is 0 Å². The fraction of sp³-hybridized carbons (Fsp3) is 1.00. The number of nitrogens with zero attached hydrogens (tertiary/aromatic N) is 1. The van der Waals surface area contributed by atoms with E-state index in [1.807, 2.05) is 6.92 Å². The zero-order chi connectivity index (χ0) is 13.7. The maximum Gasteiger partial charge on any atom is 0.0986 e. The van der Waals surface area contributed by atoms with Gasteiger partial charge in [0.15, 0.2) is 0 Å². The van der Waals surface area contributed by atoms with Crippen molar-refractivity contribution in [3.63, 3.8) is 0 Å². The number of hydrogen-bond donors (Lipinski definition) is 1. The van der Waals surface area contributed by atoms with Crippen molar-refractivity contribution in [3.05, 3.63) is 0 Å². The summed E-state index contributed by atoms with van der Waals surface area (Å²) < 4.78 is 11.2. The van der Waals surface area contributed by atoms with Gasteiger partial charge in [0.2, 0.25) is 0 Å². The lowest BCUT2D eigenvalue weighted by molar-refractivity contribution is -0.131. The quantitative estimate of drug-likeness (QED) is 0.762. The standard InChI is InChI=1S/C15H30N2O2/c1-4-19-14-10-13(15(14)18-3)16-11-12(2)17-8-6-5-7-9-17/h12-16H,4-11H2,1-3H3. The maximum atomic E-state index is 5.66. The summed E-state index contributed by atoms with van der Waals surface area (Å²) in [5.41, 5.74) is 0. The third kappa shape index (κ3) is 3.91. The van der Waals surface area contributed by atoms with E-state index in [0.29, 0.717) is 12.1 Å². The van der Waals surface area contributed by atoms with Crippen molar-refractivity contribution in [3.8, 4) is 0 Å². The summed E-state index contributed by atoms with van der Waals surface area (Å²) in [6, 6.07) is 1.10. The lowest BCUT2D eigenvalue weighted by atomic mass is 9.85. The van der Waals surface area contributed by atoms with Gasteiger partial charge in [-0.1, -0.05) is 6.42 Å². The van der Waals surface area contributed by atoms with E-state index in [4.69, 9.17) is 9.47 Å². The van der Waals surface area contributed by atoms with E-state index >= 15 is 0 Å². The molecule has 19 heavy (non-hydrogen) atoms. The molecule has 4 atom stereocenters. The second kappa shape index (κ2) is 7.58. The van der Waals surface area contributed by atoms with Crippen LogP contribution in [-0.2, 0) is 9.47 Å². The van der Waals surface area contributed by atoms with Crippen molar-refractivity contribution in [1.29, 1.82) is 0 Å². The average molecular weight is 270 g/mol. The third-order valence-corrected chi connectivity index (χ3v) is 4.59. The Balaban J connectivity index is 1.67. The minimum atomic E-state index is 0.230. The van der Waals surface area contributed by atoms with Crippen LogP contribution in [0.1, 0.15) is 39.5 Å². The molecule has 0 aromatic carbocycles. The maximum absolute atomic E-state index is 5.66. The van der Waals surface area contributed by atoms with Gasteiger partial charge in [-0.05, 0) is 46.2 Å². The summed E-state index contributed by atoms with van der Waals surface area (Å²) in [7, 11) is 1.79. The first-order chi connectivity index (χ1) is 9.26. The first-order valence-corrected chi connectivity index (χ1v) is 7.88. The Morgan fingerprint density at radius 2 is 2.00 bits per heavy atom. The van der Waals surface area contributed by atoms with E-state index in [9.17, 15) is 0 Å². The van der Waals surface area contributed by atoms with E-state index < -0.39 is 0 Å². The van der Waals surface area contributed by atoms with Crippen LogP contribution in [0.3, 0.4) is 0 Å². The highest BCUT2D eigenvalue weighted by Gasteiger charge is 2.41. The van der Waals surface area contributed by atoms with Crippen LogP contribution in [0.15, 0.2) is 0 Å². The molecule has 0 spiro atoms. The molecule has 0 bridgehead atoms. The predicted octanol–water partition coefficient (Wildman–Crippen LogP) is 1.64. The van der Waals surface area contributed by atoms with Crippen molar-refractivity contribution in [2.75, 3.05) is 33.4 Å². The van der Waals surface area contributed by atoms with Crippen molar-refractivity contribution in [2.45, 2.75) is 63.8 Å². The molecule has 2 fully saturated rings. The number of hydrogen-bond acceptors (Lipinski definition) is 4. The highest BCUT2D eigenvalue weighted by Crippen LogP contribution is 2.27. The van der Waals surface area contributed by atoms with Gasteiger partial charge < -0.3 is 14.8 Å². The van der Waals surface area contributed by atoms with Gasteiger partial charge in [-0.25, -0.2) is 0 Å². The summed E-state index contributed by atoms with van der Waals surface area (Å²) in [5, 5.41) is 3.66. The van der Waals surface area contributed by atoms with Crippen LogP contribution in [0.25, 0.3) is 0 Å². The molecule has 4 unspecified atom stereocenters. The first kappa shape index (κ1) is 15.2. The van der Waals surface area contributed by atoms with Crippen LogP contribution < -0.4 is 5.32 Å². The van der Waals surface area contributed by atoms with E-state index in [-0.39, 0.29) is 12.2 Å². The van der Waals surface area contributed by atoms with Gasteiger partial charge in [0.25, 0.3) is 0 Å². The molecule has 112 valence electrons. The van der Waals surface area contributed by atoms with Gasteiger partial charge >= 0.3 is 0 Å². The molecule has 1 aliphatic carbocycles. The van der Waals surface area contributed by atoms with Gasteiger partial charge in [0.05, 0.1) is 12.2 Å². The van der Waals surface area contributed by atoms with Crippen LogP contribution in [0.4, 0.5) is 0 Å².